The van der Waals surface area contributed by atoms with Gasteiger partial charge in [-0.15, -0.1) is 0 Å². The van der Waals surface area contributed by atoms with E-state index >= 15 is 0 Å². The molecule has 1 spiro atoms. The maximum atomic E-state index is 12.2. The van der Waals surface area contributed by atoms with E-state index in [1.54, 1.807) is 0 Å². The smallest absolute Gasteiger partial charge is 0.311 e. The van der Waals surface area contributed by atoms with Gasteiger partial charge in [0.2, 0.25) is 6.29 Å². The van der Waals surface area contributed by atoms with Crippen molar-refractivity contribution >= 4 is 14.3 Å². The van der Waals surface area contributed by atoms with Crippen LogP contribution in [0.25, 0.3) is 0 Å². The first kappa shape index (κ1) is 20.0. The summed E-state index contributed by atoms with van der Waals surface area (Å²) in [7, 11) is -2.03. The number of hydrogen-bond acceptors (Lipinski definition) is 6. The van der Waals surface area contributed by atoms with Crippen molar-refractivity contribution in [3.8, 4) is 0 Å². The van der Waals surface area contributed by atoms with Crippen molar-refractivity contribution < 1.29 is 28.2 Å². The Morgan fingerprint density at radius 2 is 1.89 bits per heavy atom. The Balaban J connectivity index is 1.55. The average Bonchev–Trinajstić information content (AvgIpc) is 2.93. The van der Waals surface area contributed by atoms with Gasteiger partial charge >= 0.3 is 5.97 Å². The molecule has 1 aromatic rings. The molecule has 0 radical (unpaired) electrons. The molecule has 6 nitrogen and oxygen atoms in total. The standard InChI is InChI=1S/C21H30O6Si/c1-20(2,3)28(4,5)27-17-11-15-13-23-18(14-9-7-6-8-10-14)26-21(15)12-16(22)24-19(21)25-17/h6-10,15,17-19H,11-13H2,1-5H3/t15-,17+,18-,19+,21+/m1/s1. The van der Waals surface area contributed by atoms with Crippen molar-refractivity contribution in [2.75, 3.05) is 6.61 Å². The lowest BCUT2D eigenvalue weighted by atomic mass is 9.80. The molecule has 0 aromatic heterocycles. The zero-order valence-corrected chi connectivity index (χ0v) is 18.3. The SMILES string of the molecule is CC(C)(C)[Si](C)(C)O[C@H]1C[C@@H]2CO[C@@H](c3ccccc3)O[C@@]23CC(=O)O[C@H]3O1. The van der Waals surface area contributed by atoms with Crippen LogP contribution in [-0.4, -0.2) is 39.1 Å². The first-order chi connectivity index (χ1) is 13.1. The number of esters is 1. The normalized spacial score (nSPS) is 35.8. The second-order valence-corrected chi connectivity index (χ2v) is 14.3. The third-order valence-corrected chi connectivity index (χ3v) is 11.0. The van der Waals surface area contributed by atoms with Crippen molar-refractivity contribution in [3.05, 3.63) is 35.9 Å². The molecule has 5 atom stereocenters. The molecule has 3 aliphatic heterocycles. The van der Waals surface area contributed by atoms with Gasteiger partial charge in [-0.1, -0.05) is 51.1 Å². The molecule has 3 heterocycles. The summed E-state index contributed by atoms with van der Waals surface area (Å²) in [6, 6.07) is 9.76. The molecule has 3 saturated heterocycles. The summed E-state index contributed by atoms with van der Waals surface area (Å²) in [5.74, 6) is -0.316. The molecule has 7 heteroatoms. The lowest BCUT2D eigenvalue weighted by molar-refractivity contribution is -0.376. The Hall–Kier alpha value is -1.25. The van der Waals surface area contributed by atoms with Crippen molar-refractivity contribution in [2.24, 2.45) is 5.92 Å². The third-order valence-electron chi connectivity index (χ3n) is 6.58. The third kappa shape index (κ3) is 3.43. The van der Waals surface area contributed by atoms with E-state index in [-0.39, 0.29) is 23.3 Å². The summed E-state index contributed by atoms with van der Waals surface area (Å²) >= 11 is 0. The van der Waals surface area contributed by atoms with Crippen LogP contribution in [0.5, 0.6) is 0 Å². The molecule has 1 aromatic carbocycles. The highest BCUT2D eigenvalue weighted by molar-refractivity contribution is 6.74. The minimum absolute atomic E-state index is 0.0209. The number of rotatable bonds is 3. The van der Waals surface area contributed by atoms with Crippen molar-refractivity contribution in [1.29, 1.82) is 0 Å². The van der Waals surface area contributed by atoms with Crippen LogP contribution in [0.15, 0.2) is 30.3 Å². The summed E-state index contributed by atoms with van der Waals surface area (Å²) < 4.78 is 30.5. The summed E-state index contributed by atoms with van der Waals surface area (Å²) in [5, 5.41) is 0.0647. The van der Waals surface area contributed by atoms with E-state index in [0.717, 1.165) is 5.56 Å². The maximum Gasteiger partial charge on any atom is 0.311 e. The van der Waals surface area contributed by atoms with Gasteiger partial charge in [-0.05, 0) is 18.1 Å². The van der Waals surface area contributed by atoms with E-state index in [4.69, 9.17) is 23.4 Å². The van der Waals surface area contributed by atoms with Crippen LogP contribution in [0, 0.1) is 5.92 Å². The molecule has 3 fully saturated rings. The molecule has 28 heavy (non-hydrogen) atoms. The molecular weight excluding hydrogens is 376 g/mol. The van der Waals surface area contributed by atoms with Gasteiger partial charge in [0.05, 0.1) is 13.0 Å². The fraction of sp³-hybridized carbons (Fsp3) is 0.667. The Morgan fingerprint density at radius 3 is 2.57 bits per heavy atom. The lowest BCUT2D eigenvalue weighted by Crippen LogP contribution is -2.61. The summed E-state index contributed by atoms with van der Waals surface area (Å²) in [5.41, 5.74) is 0.108. The van der Waals surface area contributed by atoms with Gasteiger partial charge in [-0.2, -0.15) is 0 Å². The fourth-order valence-electron chi connectivity index (χ4n) is 3.87. The van der Waals surface area contributed by atoms with Gasteiger partial charge in [0, 0.05) is 17.9 Å². The molecule has 154 valence electrons. The van der Waals surface area contributed by atoms with E-state index in [1.807, 2.05) is 30.3 Å². The highest BCUT2D eigenvalue weighted by Gasteiger charge is 2.63. The number of benzene rings is 1. The number of hydrogen-bond donors (Lipinski definition) is 0. The minimum atomic E-state index is -2.03. The van der Waals surface area contributed by atoms with E-state index < -0.39 is 32.8 Å². The molecule has 4 rings (SSSR count). The van der Waals surface area contributed by atoms with Gasteiger partial charge in [0.15, 0.2) is 20.9 Å². The van der Waals surface area contributed by atoms with Crippen molar-refractivity contribution in [1.82, 2.24) is 0 Å². The molecule has 0 aliphatic carbocycles. The second kappa shape index (κ2) is 6.92. The largest absolute Gasteiger partial charge is 0.432 e. The van der Waals surface area contributed by atoms with Crippen LogP contribution in [0.4, 0.5) is 0 Å². The van der Waals surface area contributed by atoms with Gasteiger partial charge in [-0.3, -0.25) is 4.79 Å². The zero-order valence-electron chi connectivity index (χ0n) is 17.3. The molecule has 0 bridgehead atoms. The first-order valence-corrected chi connectivity index (χ1v) is 12.9. The Labute approximate surface area is 167 Å². The molecule has 0 unspecified atom stereocenters. The molecule has 0 amide bonds. The predicted molar refractivity (Wildman–Crippen MR) is 105 cm³/mol. The monoisotopic (exact) mass is 406 g/mol. The maximum absolute atomic E-state index is 12.2. The lowest BCUT2D eigenvalue weighted by Gasteiger charge is -2.51. The Morgan fingerprint density at radius 1 is 1.18 bits per heavy atom. The Kier molecular flexibility index (Phi) is 4.95. The van der Waals surface area contributed by atoms with E-state index in [9.17, 15) is 4.79 Å². The van der Waals surface area contributed by atoms with Gasteiger partial charge in [0.25, 0.3) is 0 Å². The van der Waals surface area contributed by atoms with Gasteiger partial charge in [0.1, 0.15) is 5.60 Å². The first-order valence-electron chi connectivity index (χ1n) is 9.98. The van der Waals surface area contributed by atoms with Crippen molar-refractivity contribution in [2.45, 2.75) is 76.2 Å². The summed E-state index contributed by atoms with van der Waals surface area (Å²) in [6.45, 7) is 11.4. The zero-order chi connectivity index (χ0) is 20.2. The van der Waals surface area contributed by atoms with Crippen LogP contribution in [0.3, 0.4) is 0 Å². The average molecular weight is 407 g/mol. The van der Waals surface area contributed by atoms with E-state index in [1.165, 1.54) is 0 Å². The van der Waals surface area contributed by atoms with Crippen molar-refractivity contribution in [3.63, 3.8) is 0 Å². The molecular formula is C21H30O6Si. The van der Waals surface area contributed by atoms with E-state index in [0.29, 0.717) is 13.0 Å². The van der Waals surface area contributed by atoms with Crippen LogP contribution in [-0.2, 0) is 28.2 Å². The topological polar surface area (TPSA) is 63.2 Å². The highest BCUT2D eigenvalue weighted by Crippen LogP contribution is 2.51. The minimum Gasteiger partial charge on any atom is -0.432 e. The van der Waals surface area contributed by atoms with E-state index in [2.05, 4.69) is 33.9 Å². The van der Waals surface area contributed by atoms with Crippen LogP contribution < -0.4 is 0 Å². The van der Waals surface area contributed by atoms with Crippen LogP contribution in [0.1, 0.15) is 45.5 Å². The molecule has 3 aliphatic rings. The molecule has 0 N–H and O–H groups in total. The quantitative estimate of drug-likeness (QED) is 0.556. The second-order valence-electron chi connectivity index (χ2n) is 9.52. The van der Waals surface area contributed by atoms with Gasteiger partial charge in [-0.25, -0.2) is 0 Å². The number of carbonyl (C=O) groups excluding carboxylic acids is 1. The fourth-order valence-corrected chi connectivity index (χ4v) is 5.03. The van der Waals surface area contributed by atoms with Crippen LogP contribution >= 0.6 is 0 Å². The summed E-state index contributed by atoms with van der Waals surface area (Å²) in [4.78, 5) is 12.2. The molecule has 0 saturated carbocycles. The number of ether oxygens (including phenoxy) is 4. The van der Waals surface area contributed by atoms with Crippen LogP contribution in [0.2, 0.25) is 18.1 Å². The van der Waals surface area contributed by atoms with Gasteiger partial charge < -0.3 is 23.4 Å². The predicted octanol–water partition coefficient (Wildman–Crippen LogP) is 4.13. The summed E-state index contributed by atoms with van der Waals surface area (Å²) in [6.07, 6.45) is -0.904. The highest BCUT2D eigenvalue weighted by atomic mass is 28.4. The Bertz CT molecular complexity index is 730. The number of carbonyl (C=O) groups is 1.